The number of hydrogen-bond donors (Lipinski definition) is 2. The highest BCUT2D eigenvalue weighted by atomic mass is 16.1. The number of nitrogens with zero attached hydrogens (tertiary/aromatic N) is 5. The van der Waals surface area contributed by atoms with E-state index in [9.17, 15) is 4.79 Å². The van der Waals surface area contributed by atoms with Crippen LogP contribution in [0.5, 0.6) is 0 Å². The van der Waals surface area contributed by atoms with Crippen LogP contribution < -0.4 is 15.5 Å². The molecule has 1 saturated heterocycles. The Morgan fingerprint density at radius 3 is 2.62 bits per heavy atom. The maximum atomic E-state index is 13.6. The Balaban J connectivity index is 1.29. The summed E-state index contributed by atoms with van der Waals surface area (Å²) in [6, 6.07) is 16.9. The number of imidazole rings is 1. The molecular formula is C31H35N7O. The van der Waals surface area contributed by atoms with Crippen LogP contribution in [0.25, 0.3) is 16.6 Å². The SMILES string of the molecule is CCNC1CCN(c2ccc(C(=O)Nc3cc(Cc4ccccc4)c4nc(C)cn4c3)c3nn(C)cc23)CC1. The predicted octanol–water partition coefficient (Wildman–Crippen LogP) is 4.95. The molecule has 0 bridgehead atoms. The largest absolute Gasteiger partial charge is 0.371 e. The monoisotopic (exact) mass is 521 g/mol. The van der Waals surface area contributed by atoms with Crippen molar-refractivity contribution >= 4 is 33.8 Å². The number of anilines is 2. The highest BCUT2D eigenvalue weighted by molar-refractivity contribution is 6.14. The van der Waals surface area contributed by atoms with E-state index in [2.05, 4.69) is 40.7 Å². The fraction of sp³-hybridized carbons (Fsp3) is 0.323. The van der Waals surface area contributed by atoms with Gasteiger partial charge in [0.25, 0.3) is 5.91 Å². The lowest BCUT2D eigenvalue weighted by atomic mass is 10.0. The summed E-state index contributed by atoms with van der Waals surface area (Å²) in [5.74, 6) is -0.169. The van der Waals surface area contributed by atoms with Crippen LogP contribution in [0.15, 0.2) is 67.1 Å². The zero-order valence-electron chi connectivity index (χ0n) is 22.8. The van der Waals surface area contributed by atoms with Gasteiger partial charge in [0.05, 0.1) is 16.9 Å². The molecule has 1 amide bonds. The second-order valence-corrected chi connectivity index (χ2v) is 10.5. The Hall–Kier alpha value is -4.17. The molecule has 1 aliphatic rings. The van der Waals surface area contributed by atoms with E-state index in [0.29, 0.717) is 11.6 Å². The number of carbonyl (C=O) groups is 1. The summed E-state index contributed by atoms with van der Waals surface area (Å²) in [7, 11) is 1.91. The van der Waals surface area contributed by atoms with Crippen LogP contribution in [-0.4, -0.2) is 50.7 Å². The van der Waals surface area contributed by atoms with Gasteiger partial charge in [-0.05, 0) is 50.1 Å². The molecule has 0 radical (unpaired) electrons. The maximum absolute atomic E-state index is 13.6. The Morgan fingerprint density at radius 2 is 1.85 bits per heavy atom. The molecule has 4 heterocycles. The summed E-state index contributed by atoms with van der Waals surface area (Å²) in [5.41, 5.74) is 7.28. The van der Waals surface area contributed by atoms with Crippen molar-refractivity contribution in [2.75, 3.05) is 29.9 Å². The first-order chi connectivity index (χ1) is 19.0. The fourth-order valence-electron chi connectivity index (χ4n) is 5.78. The molecular weight excluding hydrogens is 486 g/mol. The molecule has 8 nitrogen and oxygen atoms in total. The quantitative estimate of drug-likeness (QED) is 0.317. The number of piperidine rings is 1. The van der Waals surface area contributed by atoms with E-state index in [1.54, 1.807) is 4.68 Å². The fourth-order valence-corrected chi connectivity index (χ4v) is 5.78. The maximum Gasteiger partial charge on any atom is 0.257 e. The summed E-state index contributed by atoms with van der Waals surface area (Å²) in [6.45, 7) is 7.12. The lowest BCUT2D eigenvalue weighted by molar-refractivity contribution is 0.102. The highest BCUT2D eigenvalue weighted by Gasteiger charge is 2.23. The molecule has 3 aromatic heterocycles. The Bertz CT molecular complexity index is 1630. The molecule has 1 fully saturated rings. The number of benzene rings is 2. The minimum absolute atomic E-state index is 0.169. The average Bonchev–Trinajstić information content (AvgIpc) is 3.51. The smallest absolute Gasteiger partial charge is 0.257 e. The lowest BCUT2D eigenvalue weighted by Gasteiger charge is -2.34. The van der Waals surface area contributed by atoms with E-state index in [0.717, 1.165) is 78.1 Å². The minimum Gasteiger partial charge on any atom is -0.371 e. The zero-order chi connectivity index (χ0) is 26.9. The van der Waals surface area contributed by atoms with Crippen molar-refractivity contribution in [3.63, 3.8) is 0 Å². The third kappa shape index (κ3) is 5.12. The van der Waals surface area contributed by atoms with Crippen LogP contribution in [0.4, 0.5) is 11.4 Å². The van der Waals surface area contributed by atoms with E-state index >= 15 is 0 Å². The van der Waals surface area contributed by atoms with Crippen LogP contribution in [-0.2, 0) is 13.5 Å². The molecule has 5 aromatic rings. The van der Waals surface area contributed by atoms with Crippen LogP contribution in [0.1, 0.15) is 46.9 Å². The molecule has 0 spiro atoms. The number of carbonyl (C=O) groups excluding carboxylic acids is 1. The summed E-state index contributed by atoms with van der Waals surface area (Å²) in [4.78, 5) is 20.8. The first kappa shape index (κ1) is 25.1. The van der Waals surface area contributed by atoms with Gasteiger partial charge in [-0.25, -0.2) is 4.98 Å². The number of amides is 1. The first-order valence-corrected chi connectivity index (χ1v) is 13.8. The van der Waals surface area contributed by atoms with Crippen molar-refractivity contribution in [2.45, 2.75) is 39.2 Å². The molecule has 0 atom stereocenters. The summed E-state index contributed by atoms with van der Waals surface area (Å²) in [5, 5.41) is 12.4. The topological polar surface area (TPSA) is 79.5 Å². The minimum atomic E-state index is -0.169. The number of rotatable bonds is 7. The standard InChI is InChI=1S/C31H35N7O/c1-4-32-24-12-14-37(15-13-24)28-11-10-26(29-27(28)20-36(3)35-29)31(39)34-25-17-23(16-22-8-6-5-7-9-22)30-33-21(2)18-38(30)19-25/h5-11,17-20,24,32H,4,12-16H2,1-3H3,(H,34,39). The number of pyridine rings is 1. The number of aromatic nitrogens is 4. The highest BCUT2D eigenvalue weighted by Crippen LogP contribution is 2.31. The van der Waals surface area contributed by atoms with Crippen molar-refractivity contribution in [1.29, 1.82) is 0 Å². The van der Waals surface area contributed by atoms with Crippen LogP contribution in [0, 0.1) is 6.92 Å². The van der Waals surface area contributed by atoms with Gasteiger partial charge in [0.2, 0.25) is 0 Å². The summed E-state index contributed by atoms with van der Waals surface area (Å²) >= 11 is 0. The Labute approximate surface area is 228 Å². The van der Waals surface area contributed by atoms with E-state index in [1.807, 2.05) is 67.3 Å². The zero-order valence-corrected chi connectivity index (χ0v) is 22.8. The van der Waals surface area contributed by atoms with Gasteiger partial charge in [0, 0.05) is 67.8 Å². The van der Waals surface area contributed by atoms with Crippen molar-refractivity contribution < 1.29 is 4.79 Å². The van der Waals surface area contributed by atoms with Crippen molar-refractivity contribution in [2.24, 2.45) is 7.05 Å². The number of fused-ring (bicyclic) bond motifs is 2. The van der Waals surface area contributed by atoms with Gasteiger partial charge in [-0.1, -0.05) is 37.3 Å². The van der Waals surface area contributed by atoms with Crippen LogP contribution >= 0.6 is 0 Å². The second kappa shape index (κ2) is 10.5. The van der Waals surface area contributed by atoms with Crippen molar-refractivity contribution in [3.8, 4) is 0 Å². The van der Waals surface area contributed by atoms with Crippen molar-refractivity contribution in [3.05, 3.63) is 89.5 Å². The summed E-state index contributed by atoms with van der Waals surface area (Å²) < 4.78 is 3.80. The molecule has 0 saturated carbocycles. The van der Waals surface area contributed by atoms with Gasteiger partial charge in [0.1, 0.15) is 11.2 Å². The number of hydrogen-bond acceptors (Lipinski definition) is 5. The van der Waals surface area contributed by atoms with Gasteiger partial charge in [-0.15, -0.1) is 0 Å². The molecule has 6 rings (SSSR count). The second-order valence-electron chi connectivity index (χ2n) is 10.5. The van der Waals surface area contributed by atoms with Gasteiger partial charge < -0.3 is 19.9 Å². The van der Waals surface area contributed by atoms with Crippen LogP contribution in [0.3, 0.4) is 0 Å². The first-order valence-electron chi connectivity index (χ1n) is 13.8. The molecule has 1 aliphatic heterocycles. The normalized spacial score (nSPS) is 14.4. The van der Waals surface area contributed by atoms with Crippen LogP contribution in [0.2, 0.25) is 0 Å². The van der Waals surface area contributed by atoms with Gasteiger partial charge >= 0.3 is 0 Å². The van der Waals surface area contributed by atoms with Gasteiger partial charge in [-0.3, -0.25) is 9.48 Å². The van der Waals surface area contributed by atoms with E-state index < -0.39 is 0 Å². The Kier molecular flexibility index (Phi) is 6.79. The average molecular weight is 522 g/mol. The van der Waals surface area contributed by atoms with Gasteiger partial charge in [0.15, 0.2) is 0 Å². The Morgan fingerprint density at radius 1 is 1.05 bits per heavy atom. The summed E-state index contributed by atoms with van der Waals surface area (Å²) in [6.07, 6.45) is 8.90. The lowest BCUT2D eigenvalue weighted by Crippen LogP contribution is -2.42. The van der Waals surface area contributed by atoms with E-state index in [4.69, 9.17) is 10.1 Å². The molecule has 2 aromatic carbocycles. The molecule has 8 heteroatoms. The predicted molar refractivity (Wildman–Crippen MR) is 157 cm³/mol. The third-order valence-corrected chi connectivity index (χ3v) is 7.58. The molecule has 39 heavy (non-hydrogen) atoms. The van der Waals surface area contributed by atoms with E-state index in [-0.39, 0.29) is 5.91 Å². The van der Waals surface area contributed by atoms with E-state index in [1.165, 1.54) is 5.56 Å². The number of nitrogens with one attached hydrogen (secondary N) is 2. The number of aryl methyl sites for hydroxylation is 2. The van der Waals surface area contributed by atoms with Gasteiger partial charge in [-0.2, -0.15) is 5.10 Å². The van der Waals surface area contributed by atoms with Crippen molar-refractivity contribution in [1.82, 2.24) is 24.5 Å². The molecule has 0 aliphatic carbocycles. The molecule has 200 valence electrons. The third-order valence-electron chi connectivity index (χ3n) is 7.58. The molecule has 0 unspecified atom stereocenters. The molecule has 2 N–H and O–H groups in total.